The summed E-state index contributed by atoms with van der Waals surface area (Å²) in [6, 6.07) is 16.4. The third-order valence-corrected chi connectivity index (χ3v) is 8.06. The molecule has 0 saturated carbocycles. The number of aromatic nitrogens is 4. The molecule has 0 spiro atoms. The highest BCUT2D eigenvalue weighted by Crippen LogP contribution is 2.31. The van der Waals surface area contributed by atoms with Crippen LogP contribution in [0, 0.1) is 13.8 Å². The van der Waals surface area contributed by atoms with Crippen LogP contribution in [0.4, 0.5) is 5.69 Å². The molecule has 0 unspecified atom stereocenters. The van der Waals surface area contributed by atoms with Gasteiger partial charge >= 0.3 is 5.69 Å². The van der Waals surface area contributed by atoms with Gasteiger partial charge in [0.15, 0.2) is 0 Å². The number of fused-ring (bicyclic) bond motifs is 3. The minimum atomic E-state index is -0.118. The first-order valence-electron chi connectivity index (χ1n) is 13.9. The lowest BCUT2D eigenvalue weighted by atomic mass is 10.0. The van der Waals surface area contributed by atoms with Gasteiger partial charge in [0.25, 0.3) is 0 Å². The van der Waals surface area contributed by atoms with E-state index in [-0.39, 0.29) is 11.6 Å². The Bertz CT molecular complexity index is 1810. The molecule has 9 heteroatoms. The summed E-state index contributed by atoms with van der Waals surface area (Å²) in [5.74, 6) is 0.136. The molecule has 9 nitrogen and oxygen atoms in total. The second kappa shape index (κ2) is 10.8. The number of carbonyl (C=O) groups is 1. The van der Waals surface area contributed by atoms with Gasteiger partial charge in [0.2, 0.25) is 5.91 Å². The van der Waals surface area contributed by atoms with Gasteiger partial charge in [0.1, 0.15) is 0 Å². The number of amides is 1. The monoisotopic (exact) mass is 550 g/mol. The molecule has 210 valence electrons. The van der Waals surface area contributed by atoms with E-state index < -0.39 is 0 Å². The number of pyridine rings is 2. The van der Waals surface area contributed by atoms with Crippen molar-refractivity contribution >= 4 is 33.5 Å². The van der Waals surface area contributed by atoms with E-state index in [0.717, 1.165) is 68.8 Å². The van der Waals surface area contributed by atoms with Crippen molar-refractivity contribution in [1.82, 2.24) is 24.0 Å². The van der Waals surface area contributed by atoms with E-state index >= 15 is 0 Å². The van der Waals surface area contributed by atoms with Crippen molar-refractivity contribution in [2.24, 2.45) is 7.05 Å². The molecule has 4 heterocycles. The highest BCUT2D eigenvalue weighted by Gasteiger charge is 2.23. The summed E-state index contributed by atoms with van der Waals surface area (Å²) in [6.07, 6.45) is 4.06. The van der Waals surface area contributed by atoms with Crippen molar-refractivity contribution in [3.05, 3.63) is 82.7 Å². The number of rotatable bonds is 6. The molecule has 0 N–H and O–H groups in total. The average molecular weight is 551 g/mol. The lowest BCUT2D eigenvalue weighted by Gasteiger charge is -2.37. The molecule has 1 fully saturated rings. The normalized spacial score (nSPS) is 13.9. The number of carbonyl (C=O) groups excluding carboxylic acids is 1. The first kappa shape index (κ1) is 26.7. The number of methoxy groups -OCH3 is 1. The maximum atomic E-state index is 13.6. The van der Waals surface area contributed by atoms with Gasteiger partial charge < -0.3 is 14.5 Å². The number of piperazine rings is 1. The maximum Gasteiger partial charge on any atom is 0.333 e. The lowest BCUT2D eigenvalue weighted by Crippen LogP contribution is -2.49. The SMILES string of the molecule is COCCC(=O)N1CCN(c2ccc(-n3c(=O)n(C)c4cnc5ccc(-c6ccc(C)nc6)cc5c43)cc2C)CC1. The lowest BCUT2D eigenvalue weighted by molar-refractivity contribution is -0.132. The standard InChI is InChI=1S/C32H34N6O3/c1-21-17-25(8-10-28(21)36-12-14-37(15-13-36)30(39)11-16-41-4)38-31-26-18-23(24-6-5-22(2)33-19-24)7-9-27(26)34-20-29(31)35(3)32(38)40/h5-10,17-20H,11-16H2,1-4H3. The minimum absolute atomic E-state index is 0.118. The van der Waals surface area contributed by atoms with Crippen LogP contribution in [0.5, 0.6) is 0 Å². The first-order valence-corrected chi connectivity index (χ1v) is 13.9. The molecule has 1 aliphatic rings. The molecule has 0 aliphatic carbocycles. The first-order chi connectivity index (χ1) is 19.9. The summed E-state index contributed by atoms with van der Waals surface area (Å²) < 4.78 is 8.51. The second-order valence-electron chi connectivity index (χ2n) is 10.7. The fraction of sp³-hybridized carbons (Fsp3) is 0.312. The van der Waals surface area contributed by atoms with E-state index in [0.29, 0.717) is 26.1 Å². The highest BCUT2D eigenvalue weighted by atomic mass is 16.5. The van der Waals surface area contributed by atoms with E-state index in [1.165, 1.54) is 0 Å². The van der Waals surface area contributed by atoms with Crippen molar-refractivity contribution in [2.45, 2.75) is 20.3 Å². The average Bonchev–Trinajstić information content (AvgIpc) is 3.25. The molecule has 2 aromatic carbocycles. The highest BCUT2D eigenvalue weighted by molar-refractivity contribution is 6.04. The van der Waals surface area contributed by atoms with Gasteiger partial charge in [0, 0.05) is 68.9 Å². The number of benzene rings is 2. The van der Waals surface area contributed by atoms with Crippen molar-refractivity contribution in [1.29, 1.82) is 0 Å². The van der Waals surface area contributed by atoms with Gasteiger partial charge in [-0.1, -0.05) is 12.1 Å². The van der Waals surface area contributed by atoms with E-state index in [1.807, 2.05) is 42.3 Å². The van der Waals surface area contributed by atoms with Crippen LogP contribution in [-0.4, -0.2) is 69.8 Å². The molecule has 1 saturated heterocycles. The molecule has 1 amide bonds. The third-order valence-electron chi connectivity index (χ3n) is 8.06. The fourth-order valence-electron chi connectivity index (χ4n) is 5.73. The molecule has 1 aliphatic heterocycles. The largest absolute Gasteiger partial charge is 0.384 e. The van der Waals surface area contributed by atoms with Crippen molar-refractivity contribution in [2.75, 3.05) is 44.8 Å². The van der Waals surface area contributed by atoms with E-state index in [9.17, 15) is 9.59 Å². The van der Waals surface area contributed by atoms with Crippen molar-refractivity contribution in [3.63, 3.8) is 0 Å². The Balaban J connectivity index is 1.37. The fourth-order valence-corrected chi connectivity index (χ4v) is 5.73. The van der Waals surface area contributed by atoms with Crippen LogP contribution in [-0.2, 0) is 16.6 Å². The van der Waals surface area contributed by atoms with Gasteiger partial charge in [-0.05, 0) is 61.4 Å². The Kier molecular flexibility index (Phi) is 7.05. The Labute approximate surface area is 238 Å². The van der Waals surface area contributed by atoms with Crippen molar-refractivity contribution in [3.8, 4) is 16.8 Å². The van der Waals surface area contributed by atoms with Crippen molar-refractivity contribution < 1.29 is 9.53 Å². The molecule has 0 atom stereocenters. The maximum absolute atomic E-state index is 13.6. The van der Waals surface area contributed by atoms with Crippen LogP contribution in [0.3, 0.4) is 0 Å². The zero-order valence-electron chi connectivity index (χ0n) is 23.9. The molecule has 3 aromatic heterocycles. The Morgan fingerprint density at radius 2 is 1.71 bits per heavy atom. The summed E-state index contributed by atoms with van der Waals surface area (Å²) in [6.45, 7) is 7.39. The zero-order chi connectivity index (χ0) is 28.7. The smallest absolute Gasteiger partial charge is 0.333 e. The predicted molar refractivity (Wildman–Crippen MR) is 162 cm³/mol. The van der Waals surface area contributed by atoms with Gasteiger partial charge in [-0.25, -0.2) is 4.79 Å². The van der Waals surface area contributed by atoms with Crippen LogP contribution >= 0.6 is 0 Å². The number of aryl methyl sites for hydroxylation is 3. The number of hydrogen-bond acceptors (Lipinski definition) is 6. The molecule has 0 bridgehead atoms. The topological polar surface area (TPSA) is 85.5 Å². The zero-order valence-corrected chi connectivity index (χ0v) is 23.9. The number of imidazole rings is 1. The molecule has 6 rings (SSSR count). The van der Waals surface area contributed by atoms with Gasteiger partial charge in [0.05, 0.1) is 41.5 Å². The van der Waals surface area contributed by atoms with E-state index in [4.69, 9.17) is 4.74 Å². The predicted octanol–water partition coefficient (Wildman–Crippen LogP) is 4.24. The summed E-state index contributed by atoms with van der Waals surface area (Å²) >= 11 is 0. The molecule has 41 heavy (non-hydrogen) atoms. The summed E-state index contributed by atoms with van der Waals surface area (Å²) in [5.41, 5.74) is 8.32. The summed E-state index contributed by atoms with van der Waals surface area (Å²) in [5, 5.41) is 0.911. The van der Waals surface area contributed by atoms with Crippen LogP contribution < -0.4 is 10.6 Å². The quantitative estimate of drug-likeness (QED) is 0.314. The number of ether oxygens (including phenoxy) is 1. The number of anilines is 1. The molecular formula is C32H34N6O3. The Morgan fingerprint density at radius 3 is 2.41 bits per heavy atom. The second-order valence-corrected chi connectivity index (χ2v) is 10.7. The van der Waals surface area contributed by atoms with E-state index in [2.05, 4.69) is 46.1 Å². The summed E-state index contributed by atoms with van der Waals surface area (Å²) in [7, 11) is 3.40. The van der Waals surface area contributed by atoms with Crippen LogP contribution in [0.1, 0.15) is 17.7 Å². The van der Waals surface area contributed by atoms with Crippen LogP contribution in [0.2, 0.25) is 0 Å². The van der Waals surface area contributed by atoms with Gasteiger partial charge in [-0.3, -0.25) is 23.9 Å². The van der Waals surface area contributed by atoms with Crippen LogP contribution in [0.25, 0.3) is 38.8 Å². The van der Waals surface area contributed by atoms with Crippen LogP contribution in [0.15, 0.2) is 65.7 Å². The third kappa shape index (κ3) is 4.86. The Morgan fingerprint density at radius 1 is 0.927 bits per heavy atom. The number of nitrogens with zero attached hydrogens (tertiary/aromatic N) is 6. The number of hydrogen-bond donors (Lipinski definition) is 0. The summed E-state index contributed by atoms with van der Waals surface area (Å²) in [4.78, 5) is 39.4. The molecule has 0 radical (unpaired) electrons. The molecule has 5 aromatic rings. The minimum Gasteiger partial charge on any atom is -0.384 e. The van der Waals surface area contributed by atoms with E-state index in [1.54, 1.807) is 29.5 Å². The van der Waals surface area contributed by atoms with Gasteiger partial charge in [-0.2, -0.15) is 0 Å². The molecular weight excluding hydrogens is 516 g/mol. The van der Waals surface area contributed by atoms with Gasteiger partial charge in [-0.15, -0.1) is 0 Å². The Hall–Kier alpha value is -4.50.